The summed E-state index contributed by atoms with van der Waals surface area (Å²) in [4.78, 5) is 13.5. The second kappa shape index (κ2) is 15.7. The van der Waals surface area contributed by atoms with Crippen LogP contribution in [0.3, 0.4) is 0 Å². The molecule has 4 heteroatoms. The molecule has 276 valence electrons. The summed E-state index contributed by atoms with van der Waals surface area (Å²) in [5.74, 6) is 1.28. The number of rotatable bonds is 10. The quantitative estimate of drug-likeness (QED) is 0.145. The van der Waals surface area contributed by atoms with Crippen molar-refractivity contribution in [2.45, 2.75) is 94.8 Å². The Morgan fingerprint density at radius 2 is 1.58 bits per heavy atom. The summed E-state index contributed by atoms with van der Waals surface area (Å²) in [7, 11) is 0. The van der Waals surface area contributed by atoms with Crippen LogP contribution in [0.2, 0.25) is 0 Å². The summed E-state index contributed by atoms with van der Waals surface area (Å²) in [5, 5.41) is 33.4. The van der Waals surface area contributed by atoms with Crippen LogP contribution < -0.4 is 10.4 Å². The number of carbonyl (C=O) groups is 1. The lowest BCUT2D eigenvalue weighted by Gasteiger charge is -2.54. The highest BCUT2D eigenvalue weighted by Crippen LogP contribution is 2.58. The first kappa shape index (κ1) is 35.9. The number of phenols is 1. The molecule has 0 saturated heterocycles. The Morgan fingerprint density at radius 3 is 2.34 bits per heavy atom. The number of phenolic OH excluding ortho intramolecular Hbond substituents is 1. The molecule has 0 heterocycles. The van der Waals surface area contributed by atoms with Gasteiger partial charge >= 0.3 is 5.97 Å². The molecule has 5 aliphatic carbocycles. The molecule has 3 aromatic carbocycles. The number of carboxylic acid groups (broad SMARTS) is 1. The summed E-state index contributed by atoms with van der Waals surface area (Å²) in [5.41, 5.74) is 5.69. The first-order valence-corrected chi connectivity index (χ1v) is 20.5. The van der Waals surface area contributed by atoms with Crippen molar-refractivity contribution in [2.24, 2.45) is 35.5 Å². The normalized spacial score (nSPS) is 30.6. The molecule has 1 saturated carbocycles. The molecule has 2 bridgehead atoms. The van der Waals surface area contributed by atoms with Gasteiger partial charge in [-0.25, -0.2) is 0 Å². The van der Waals surface area contributed by atoms with Crippen LogP contribution in [0, 0.1) is 35.5 Å². The summed E-state index contributed by atoms with van der Waals surface area (Å²) in [6.07, 6.45) is 29.9. The highest BCUT2D eigenvalue weighted by atomic mass is 16.4. The molecule has 3 N–H and O–H groups in total. The van der Waals surface area contributed by atoms with Gasteiger partial charge in [-0.2, -0.15) is 0 Å². The topological polar surface area (TPSA) is 77.8 Å². The zero-order valence-corrected chi connectivity index (χ0v) is 31.1. The third-order valence-electron chi connectivity index (χ3n) is 13.9. The molecule has 8 atom stereocenters. The molecule has 1 spiro atoms. The van der Waals surface area contributed by atoms with E-state index in [2.05, 4.69) is 97.1 Å². The number of hydrogen-bond acceptors (Lipinski definition) is 3. The van der Waals surface area contributed by atoms with E-state index in [9.17, 15) is 20.1 Å². The van der Waals surface area contributed by atoms with E-state index in [1.807, 2.05) is 12.1 Å². The van der Waals surface area contributed by atoms with Crippen molar-refractivity contribution in [3.05, 3.63) is 129 Å². The Bertz CT molecular complexity index is 2000. The number of hydrogen-bond donors (Lipinski definition) is 3. The van der Waals surface area contributed by atoms with Gasteiger partial charge in [-0.05, 0) is 144 Å². The minimum absolute atomic E-state index is 0.154. The van der Waals surface area contributed by atoms with E-state index in [-0.39, 0.29) is 18.4 Å². The molecule has 0 aliphatic heterocycles. The number of fused-ring (bicyclic) bond motifs is 3. The minimum atomic E-state index is -0.679. The third-order valence-corrected chi connectivity index (χ3v) is 13.9. The molecule has 0 unspecified atom stereocenters. The minimum Gasteiger partial charge on any atom is -0.508 e. The van der Waals surface area contributed by atoms with Crippen molar-refractivity contribution < 1.29 is 20.1 Å². The van der Waals surface area contributed by atoms with E-state index in [0.717, 1.165) is 38.5 Å². The molecule has 4 nitrogen and oxygen atoms in total. The van der Waals surface area contributed by atoms with Crippen LogP contribution in [-0.2, 0) is 16.6 Å². The second-order valence-corrected chi connectivity index (χ2v) is 16.9. The number of carboxylic acids is 1. The maximum Gasteiger partial charge on any atom is 0.307 e. The van der Waals surface area contributed by atoms with Crippen molar-refractivity contribution >= 4 is 24.2 Å². The predicted octanol–water partition coefficient (Wildman–Crippen LogP) is 9.24. The largest absolute Gasteiger partial charge is 0.508 e. The van der Waals surface area contributed by atoms with Gasteiger partial charge in [-0.3, -0.25) is 4.79 Å². The number of allylic oxidation sites excluding steroid dienone is 4. The van der Waals surface area contributed by atoms with Crippen LogP contribution in [0.1, 0.15) is 105 Å². The van der Waals surface area contributed by atoms with Gasteiger partial charge in [0.2, 0.25) is 0 Å². The average Bonchev–Trinajstić information content (AvgIpc) is 3.63. The highest BCUT2D eigenvalue weighted by molar-refractivity contribution is 5.76. The predicted molar refractivity (Wildman–Crippen MR) is 215 cm³/mol. The number of aliphatic carboxylic acids is 1. The molecule has 3 aromatic rings. The number of aliphatic hydroxyl groups is 1. The van der Waals surface area contributed by atoms with Crippen LogP contribution >= 0.6 is 0 Å². The van der Waals surface area contributed by atoms with Gasteiger partial charge in [0, 0.05) is 5.41 Å². The zero-order chi connectivity index (χ0) is 36.4. The van der Waals surface area contributed by atoms with E-state index < -0.39 is 17.3 Å². The lowest BCUT2D eigenvalue weighted by atomic mass is 9.49. The molecule has 8 rings (SSSR count). The fourth-order valence-electron chi connectivity index (χ4n) is 11.1. The Morgan fingerprint density at radius 1 is 0.830 bits per heavy atom. The van der Waals surface area contributed by atoms with Crippen LogP contribution in [0.25, 0.3) is 18.2 Å². The van der Waals surface area contributed by atoms with E-state index in [4.69, 9.17) is 0 Å². The lowest BCUT2D eigenvalue weighted by molar-refractivity contribution is -0.146. The Labute approximate surface area is 315 Å². The van der Waals surface area contributed by atoms with Crippen LogP contribution in [0.4, 0.5) is 0 Å². The molecular formula is C49H56O4. The fourth-order valence-corrected chi connectivity index (χ4v) is 11.1. The molecule has 1 fully saturated rings. The van der Waals surface area contributed by atoms with Crippen molar-refractivity contribution in [3.63, 3.8) is 0 Å². The van der Waals surface area contributed by atoms with Gasteiger partial charge in [-0.15, -0.1) is 0 Å². The number of unbranched alkanes of at least 4 members (excludes halogenated alkanes) is 3. The SMILES string of the molecule is O=C(O)[C@@H]1C/C=C/C[C@@H](CCCCCC[C@@H]2C=C(CO)CC2)[C@H](c2ccc(O)cc2)Cc2ccc3c(c2)[C@@]12C[C@@H]1C=c4ccccc4=C[C@@H]1C[C@@H]2C=C3. The smallest absolute Gasteiger partial charge is 0.307 e. The molecule has 0 aromatic heterocycles. The standard InChI is InChI=1S/C49H56O4/c50-32-35-16-15-33(25-35)9-3-1-2-4-10-36-11-7-8-14-46(48(52)53)49-31-42-29-40-13-6-5-12-39(40)28-41(42)30-43(49)22-19-38-18-17-34(27-47(38)49)26-45(36)37-20-23-44(51)24-21-37/h5-8,12-13,17-25,27-29,33,36,41-43,45-46,50-51H,1-4,9-11,14-16,26,30-32H2,(H,52,53)/b8-7+/t33-,36+,41+,42-,43-,45+,46-,49+/m0/s1. The molecule has 5 aliphatic rings. The van der Waals surface area contributed by atoms with Crippen molar-refractivity contribution in [2.75, 3.05) is 6.61 Å². The van der Waals surface area contributed by atoms with Crippen molar-refractivity contribution in [3.8, 4) is 5.75 Å². The maximum absolute atomic E-state index is 13.5. The van der Waals surface area contributed by atoms with Gasteiger partial charge < -0.3 is 15.3 Å². The molecule has 0 radical (unpaired) electrons. The first-order valence-electron chi connectivity index (χ1n) is 20.5. The van der Waals surface area contributed by atoms with E-state index in [0.29, 0.717) is 35.8 Å². The van der Waals surface area contributed by atoms with Gasteiger partial charge in [0.05, 0.1) is 12.5 Å². The summed E-state index contributed by atoms with van der Waals surface area (Å²) in [6.45, 7) is 0.212. The van der Waals surface area contributed by atoms with Crippen LogP contribution in [-0.4, -0.2) is 27.9 Å². The maximum atomic E-state index is 13.5. The summed E-state index contributed by atoms with van der Waals surface area (Å²) < 4.78 is 0. The molecule has 53 heavy (non-hydrogen) atoms. The summed E-state index contributed by atoms with van der Waals surface area (Å²) >= 11 is 0. The molecular weight excluding hydrogens is 653 g/mol. The Kier molecular flexibility index (Phi) is 10.6. The van der Waals surface area contributed by atoms with Gasteiger partial charge in [-0.1, -0.05) is 123 Å². The number of aromatic hydroxyl groups is 1. The monoisotopic (exact) mass is 708 g/mol. The van der Waals surface area contributed by atoms with Crippen LogP contribution in [0.15, 0.2) is 96.6 Å². The van der Waals surface area contributed by atoms with E-state index >= 15 is 0 Å². The number of benzene rings is 3. The fraction of sp³-hybridized carbons (Fsp3) is 0.449. The highest BCUT2D eigenvalue weighted by Gasteiger charge is 2.55. The van der Waals surface area contributed by atoms with Crippen molar-refractivity contribution in [1.29, 1.82) is 0 Å². The van der Waals surface area contributed by atoms with E-state index in [1.54, 1.807) is 0 Å². The first-order chi connectivity index (χ1) is 25.9. The lowest BCUT2D eigenvalue weighted by Crippen LogP contribution is -2.53. The number of aliphatic hydroxyl groups excluding tert-OH is 1. The Balaban J connectivity index is 1.10. The average molecular weight is 709 g/mol. The van der Waals surface area contributed by atoms with Crippen molar-refractivity contribution in [1.82, 2.24) is 0 Å². The van der Waals surface area contributed by atoms with Gasteiger partial charge in [0.25, 0.3) is 0 Å². The summed E-state index contributed by atoms with van der Waals surface area (Å²) in [6, 6.07) is 23.5. The van der Waals surface area contributed by atoms with Gasteiger partial charge in [0.15, 0.2) is 0 Å². The third kappa shape index (κ3) is 7.37. The zero-order valence-electron chi connectivity index (χ0n) is 31.1. The Hall–Kier alpha value is -4.15. The van der Waals surface area contributed by atoms with E-state index in [1.165, 1.54) is 76.8 Å². The van der Waals surface area contributed by atoms with Gasteiger partial charge in [0.1, 0.15) is 5.75 Å². The molecule has 0 amide bonds. The van der Waals surface area contributed by atoms with Crippen LogP contribution in [0.5, 0.6) is 5.75 Å². The second-order valence-electron chi connectivity index (χ2n) is 16.9.